The highest BCUT2D eigenvalue weighted by molar-refractivity contribution is 8.01. The molecule has 0 aliphatic rings. The Hall–Kier alpha value is -1.17. The van der Waals surface area contributed by atoms with E-state index < -0.39 is 11.7 Å². The van der Waals surface area contributed by atoms with Gasteiger partial charge in [-0.15, -0.1) is 11.8 Å². The molecule has 0 aromatic heterocycles. The summed E-state index contributed by atoms with van der Waals surface area (Å²) in [6.45, 7) is 6.10. The number of thioether (sulfide) groups is 1. The van der Waals surface area contributed by atoms with Crippen molar-refractivity contribution < 1.29 is 18.0 Å². The molecule has 0 spiro atoms. The molecule has 1 aromatic carbocycles. The Labute approximate surface area is 121 Å². The maximum Gasteiger partial charge on any atom is 0.416 e. The first kappa shape index (κ1) is 16.9. The van der Waals surface area contributed by atoms with Crippen molar-refractivity contribution in [3.63, 3.8) is 0 Å². The van der Waals surface area contributed by atoms with Crippen molar-refractivity contribution in [2.75, 3.05) is 5.75 Å². The van der Waals surface area contributed by atoms with Crippen LogP contribution in [-0.4, -0.2) is 16.4 Å². The van der Waals surface area contributed by atoms with Crippen molar-refractivity contribution >= 4 is 17.7 Å². The summed E-state index contributed by atoms with van der Waals surface area (Å²) in [5, 5.41) is 2.62. The van der Waals surface area contributed by atoms with E-state index in [1.807, 2.05) is 20.8 Å². The highest BCUT2D eigenvalue weighted by atomic mass is 32.2. The van der Waals surface area contributed by atoms with Crippen molar-refractivity contribution in [1.29, 1.82) is 0 Å². The predicted octanol–water partition coefficient (Wildman–Crippen LogP) is 3.85. The molecule has 1 N–H and O–H groups in total. The van der Waals surface area contributed by atoms with Gasteiger partial charge in [0.2, 0.25) is 5.91 Å². The molecule has 112 valence electrons. The lowest BCUT2D eigenvalue weighted by Crippen LogP contribution is -2.26. The van der Waals surface area contributed by atoms with Crippen LogP contribution in [0.4, 0.5) is 13.2 Å². The largest absolute Gasteiger partial charge is 0.416 e. The monoisotopic (exact) mass is 305 g/mol. The van der Waals surface area contributed by atoms with Gasteiger partial charge in [-0.05, 0) is 17.7 Å². The Kier molecular flexibility index (Phi) is 5.50. The number of carbonyl (C=O) groups is 1. The first-order chi connectivity index (χ1) is 9.08. The Morgan fingerprint density at radius 3 is 2.45 bits per heavy atom. The molecule has 0 fully saturated rings. The van der Waals surface area contributed by atoms with E-state index in [9.17, 15) is 18.0 Å². The lowest BCUT2D eigenvalue weighted by molar-refractivity contribution is -0.137. The smallest absolute Gasteiger partial charge is 0.351 e. The third-order valence-corrected chi connectivity index (χ3v) is 3.65. The average Bonchev–Trinajstić information content (AvgIpc) is 2.32. The third-order valence-electron chi connectivity index (χ3n) is 2.38. The van der Waals surface area contributed by atoms with Gasteiger partial charge in [0.05, 0.1) is 11.3 Å². The summed E-state index contributed by atoms with van der Waals surface area (Å²) >= 11 is 1.49. The van der Waals surface area contributed by atoms with E-state index in [4.69, 9.17) is 0 Å². The fourth-order valence-corrected chi connectivity index (χ4v) is 2.06. The lowest BCUT2D eigenvalue weighted by atomic mass is 10.1. The molecule has 1 aromatic rings. The topological polar surface area (TPSA) is 29.1 Å². The number of hydrogen-bond donors (Lipinski definition) is 1. The number of alkyl halides is 3. The highest BCUT2D eigenvalue weighted by Gasteiger charge is 2.30. The third kappa shape index (κ3) is 6.32. The summed E-state index contributed by atoms with van der Waals surface area (Å²) in [7, 11) is 0. The normalized spacial score (nSPS) is 12.3. The SMILES string of the molecule is CC(C)(C)SCC(=O)NCc1cccc(C(F)(F)F)c1. The van der Waals surface area contributed by atoms with Crippen molar-refractivity contribution in [2.45, 2.75) is 38.2 Å². The second kappa shape index (κ2) is 6.52. The maximum absolute atomic E-state index is 12.5. The van der Waals surface area contributed by atoms with Gasteiger partial charge in [-0.3, -0.25) is 4.79 Å². The fraction of sp³-hybridized carbons (Fsp3) is 0.500. The van der Waals surface area contributed by atoms with Crippen LogP contribution in [0.15, 0.2) is 24.3 Å². The van der Waals surface area contributed by atoms with Crippen LogP contribution in [0.1, 0.15) is 31.9 Å². The van der Waals surface area contributed by atoms with Crippen molar-refractivity contribution in [3.8, 4) is 0 Å². The van der Waals surface area contributed by atoms with Crippen molar-refractivity contribution in [1.82, 2.24) is 5.32 Å². The molecule has 1 amide bonds. The van der Waals surface area contributed by atoms with E-state index in [2.05, 4.69) is 5.32 Å². The molecule has 0 radical (unpaired) electrons. The van der Waals surface area contributed by atoms with Crippen LogP contribution in [0.3, 0.4) is 0 Å². The highest BCUT2D eigenvalue weighted by Crippen LogP contribution is 2.29. The van der Waals surface area contributed by atoms with Crippen LogP contribution in [0.5, 0.6) is 0 Å². The molecule has 1 rings (SSSR count). The maximum atomic E-state index is 12.5. The lowest BCUT2D eigenvalue weighted by Gasteiger charge is -2.17. The number of benzene rings is 1. The summed E-state index contributed by atoms with van der Waals surface area (Å²) in [5.41, 5.74) is -0.262. The van der Waals surface area contributed by atoms with Crippen molar-refractivity contribution in [3.05, 3.63) is 35.4 Å². The molecule has 0 bridgehead atoms. The molecule has 20 heavy (non-hydrogen) atoms. The van der Waals surface area contributed by atoms with Crippen LogP contribution in [0.2, 0.25) is 0 Å². The van der Waals surface area contributed by atoms with Gasteiger partial charge in [0, 0.05) is 11.3 Å². The van der Waals surface area contributed by atoms with Gasteiger partial charge in [-0.2, -0.15) is 13.2 Å². The number of carbonyl (C=O) groups excluding carboxylic acids is 1. The standard InChI is InChI=1S/C14H18F3NOS/c1-13(2,3)20-9-12(19)18-8-10-5-4-6-11(7-10)14(15,16)17/h4-7H,8-9H2,1-3H3,(H,18,19). The zero-order chi connectivity index (χ0) is 15.4. The molecule has 0 saturated carbocycles. The van der Waals surface area contributed by atoms with E-state index in [0.29, 0.717) is 11.3 Å². The minimum absolute atomic E-state index is 0.0203. The van der Waals surface area contributed by atoms with E-state index in [-0.39, 0.29) is 17.2 Å². The number of hydrogen-bond acceptors (Lipinski definition) is 2. The van der Waals surface area contributed by atoms with Crippen molar-refractivity contribution in [2.24, 2.45) is 0 Å². The Bertz CT molecular complexity index is 466. The number of halogens is 3. The summed E-state index contributed by atoms with van der Waals surface area (Å²) < 4.78 is 37.6. The zero-order valence-corrected chi connectivity index (χ0v) is 12.5. The molecule has 0 saturated heterocycles. The summed E-state index contributed by atoms with van der Waals surface area (Å²) in [5.74, 6) is 0.116. The predicted molar refractivity (Wildman–Crippen MR) is 75.5 cm³/mol. The Morgan fingerprint density at radius 1 is 1.25 bits per heavy atom. The first-order valence-electron chi connectivity index (χ1n) is 6.15. The van der Waals surface area contributed by atoms with Gasteiger partial charge >= 0.3 is 6.18 Å². The summed E-state index contributed by atoms with van der Waals surface area (Å²) in [6, 6.07) is 4.97. The van der Waals surface area contributed by atoms with Crippen LogP contribution >= 0.6 is 11.8 Å². The zero-order valence-electron chi connectivity index (χ0n) is 11.7. The molecule has 0 aliphatic carbocycles. The van der Waals surface area contributed by atoms with Gasteiger partial charge < -0.3 is 5.32 Å². The average molecular weight is 305 g/mol. The number of nitrogens with one attached hydrogen (secondary N) is 1. The minimum atomic E-state index is -4.36. The van der Waals surface area contributed by atoms with Crippen LogP contribution in [0, 0.1) is 0 Å². The van der Waals surface area contributed by atoms with Gasteiger partial charge in [-0.25, -0.2) is 0 Å². The molecule has 6 heteroatoms. The van der Waals surface area contributed by atoms with Crippen LogP contribution < -0.4 is 5.32 Å². The van der Waals surface area contributed by atoms with Gasteiger partial charge in [0.15, 0.2) is 0 Å². The second-order valence-electron chi connectivity index (χ2n) is 5.38. The Morgan fingerprint density at radius 2 is 1.90 bits per heavy atom. The Balaban J connectivity index is 2.52. The molecular formula is C14H18F3NOS. The van der Waals surface area contributed by atoms with Gasteiger partial charge in [-0.1, -0.05) is 32.9 Å². The summed E-state index contributed by atoms with van der Waals surface area (Å²) in [6.07, 6.45) is -4.36. The second-order valence-corrected chi connectivity index (χ2v) is 7.18. The number of rotatable bonds is 4. The fourth-order valence-electron chi connectivity index (χ4n) is 1.39. The summed E-state index contributed by atoms with van der Waals surface area (Å²) in [4.78, 5) is 11.6. The minimum Gasteiger partial charge on any atom is -0.351 e. The van der Waals surface area contributed by atoms with Crippen LogP contribution in [-0.2, 0) is 17.5 Å². The van der Waals surface area contributed by atoms with E-state index in [1.54, 1.807) is 6.07 Å². The van der Waals surface area contributed by atoms with E-state index in [1.165, 1.54) is 17.8 Å². The molecule has 0 atom stereocenters. The first-order valence-corrected chi connectivity index (χ1v) is 7.13. The molecular weight excluding hydrogens is 287 g/mol. The van der Waals surface area contributed by atoms with Crippen LogP contribution in [0.25, 0.3) is 0 Å². The molecule has 0 unspecified atom stereocenters. The molecule has 0 aliphatic heterocycles. The van der Waals surface area contributed by atoms with Gasteiger partial charge in [0.25, 0.3) is 0 Å². The number of amides is 1. The molecule has 0 heterocycles. The van der Waals surface area contributed by atoms with Gasteiger partial charge in [0.1, 0.15) is 0 Å². The van der Waals surface area contributed by atoms with E-state index in [0.717, 1.165) is 12.1 Å². The molecule has 2 nitrogen and oxygen atoms in total. The quantitative estimate of drug-likeness (QED) is 0.915. The van der Waals surface area contributed by atoms with E-state index >= 15 is 0 Å².